The second-order valence-corrected chi connectivity index (χ2v) is 3.02. The Morgan fingerprint density at radius 1 is 1.38 bits per heavy atom. The molecule has 0 aliphatic carbocycles. The zero-order chi connectivity index (χ0) is 9.84. The van der Waals surface area contributed by atoms with Crippen LogP contribution in [-0.4, -0.2) is 27.1 Å². The van der Waals surface area contributed by atoms with Crippen LogP contribution in [0.25, 0.3) is 0 Å². The van der Waals surface area contributed by atoms with Crippen molar-refractivity contribution in [3.05, 3.63) is 29.8 Å². The summed E-state index contributed by atoms with van der Waals surface area (Å²) < 4.78 is 0. The Labute approximate surface area is 78.4 Å². The standard InChI is InChI=1S/C10H14N2O/c1-11-10(13)8-5-4-6-9(7-8)12(2)3/h4-7H,1-3H3,(H,11,13). The summed E-state index contributed by atoms with van der Waals surface area (Å²) in [6.07, 6.45) is 0. The van der Waals surface area contributed by atoms with Gasteiger partial charge < -0.3 is 10.2 Å². The van der Waals surface area contributed by atoms with Gasteiger partial charge in [0.05, 0.1) is 0 Å². The molecular formula is C10H14N2O. The van der Waals surface area contributed by atoms with E-state index in [1.807, 2.05) is 37.2 Å². The van der Waals surface area contributed by atoms with Crippen LogP contribution in [0.1, 0.15) is 10.4 Å². The molecule has 13 heavy (non-hydrogen) atoms. The predicted octanol–water partition coefficient (Wildman–Crippen LogP) is 1.11. The largest absolute Gasteiger partial charge is 0.378 e. The molecule has 0 radical (unpaired) electrons. The third-order valence-electron chi connectivity index (χ3n) is 1.85. The fourth-order valence-electron chi connectivity index (χ4n) is 1.07. The molecule has 0 aromatic heterocycles. The molecule has 70 valence electrons. The van der Waals surface area contributed by atoms with Crippen molar-refractivity contribution >= 4 is 11.6 Å². The van der Waals surface area contributed by atoms with E-state index in [1.54, 1.807) is 13.1 Å². The SMILES string of the molecule is CNC(=O)c1cccc(N(C)C)c1. The first-order chi connectivity index (χ1) is 6.15. The molecule has 0 fully saturated rings. The zero-order valence-corrected chi connectivity index (χ0v) is 8.16. The van der Waals surface area contributed by atoms with Crippen molar-refractivity contribution in [3.8, 4) is 0 Å². The molecule has 1 rings (SSSR count). The molecule has 0 aliphatic heterocycles. The van der Waals surface area contributed by atoms with Gasteiger partial charge in [-0.3, -0.25) is 4.79 Å². The third-order valence-corrected chi connectivity index (χ3v) is 1.85. The fraction of sp³-hybridized carbons (Fsp3) is 0.300. The fourth-order valence-corrected chi connectivity index (χ4v) is 1.07. The number of benzene rings is 1. The van der Waals surface area contributed by atoms with Gasteiger partial charge in [0.15, 0.2) is 0 Å². The number of rotatable bonds is 2. The maximum atomic E-state index is 11.3. The van der Waals surface area contributed by atoms with Crippen LogP contribution in [0.15, 0.2) is 24.3 Å². The lowest BCUT2D eigenvalue weighted by Gasteiger charge is -2.12. The van der Waals surface area contributed by atoms with Crippen LogP contribution >= 0.6 is 0 Å². The summed E-state index contributed by atoms with van der Waals surface area (Å²) >= 11 is 0. The van der Waals surface area contributed by atoms with Crippen molar-refractivity contribution < 1.29 is 4.79 Å². The second kappa shape index (κ2) is 3.94. The molecule has 0 heterocycles. The number of hydrogen-bond donors (Lipinski definition) is 1. The summed E-state index contributed by atoms with van der Waals surface area (Å²) in [6.45, 7) is 0. The minimum absolute atomic E-state index is 0.0521. The molecule has 0 atom stereocenters. The number of nitrogens with one attached hydrogen (secondary N) is 1. The van der Waals surface area contributed by atoms with Crippen LogP contribution in [0, 0.1) is 0 Å². The average Bonchev–Trinajstić information content (AvgIpc) is 2.17. The van der Waals surface area contributed by atoms with Gasteiger partial charge in [0.1, 0.15) is 0 Å². The highest BCUT2D eigenvalue weighted by Crippen LogP contribution is 2.12. The Morgan fingerprint density at radius 2 is 2.08 bits per heavy atom. The molecule has 1 aromatic carbocycles. The number of nitrogens with zero attached hydrogens (tertiary/aromatic N) is 1. The summed E-state index contributed by atoms with van der Waals surface area (Å²) in [7, 11) is 5.52. The van der Waals surface area contributed by atoms with Gasteiger partial charge >= 0.3 is 0 Å². The highest BCUT2D eigenvalue weighted by Gasteiger charge is 2.03. The normalized spacial score (nSPS) is 9.46. The lowest BCUT2D eigenvalue weighted by Crippen LogP contribution is -2.18. The smallest absolute Gasteiger partial charge is 0.251 e. The molecule has 0 unspecified atom stereocenters. The van der Waals surface area contributed by atoms with Crippen LogP contribution in [0.3, 0.4) is 0 Å². The van der Waals surface area contributed by atoms with Gasteiger partial charge in [-0.1, -0.05) is 6.07 Å². The van der Waals surface area contributed by atoms with E-state index in [0.29, 0.717) is 5.56 Å². The molecule has 0 aliphatic rings. The number of hydrogen-bond acceptors (Lipinski definition) is 2. The first-order valence-corrected chi connectivity index (χ1v) is 4.14. The minimum atomic E-state index is -0.0521. The monoisotopic (exact) mass is 178 g/mol. The summed E-state index contributed by atoms with van der Waals surface area (Å²) in [6, 6.07) is 7.50. The van der Waals surface area contributed by atoms with Gasteiger partial charge in [-0.25, -0.2) is 0 Å². The highest BCUT2D eigenvalue weighted by molar-refractivity contribution is 5.94. The van der Waals surface area contributed by atoms with Gasteiger partial charge in [-0.2, -0.15) is 0 Å². The quantitative estimate of drug-likeness (QED) is 0.735. The first-order valence-electron chi connectivity index (χ1n) is 4.14. The molecule has 3 heteroatoms. The molecule has 1 N–H and O–H groups in total. The van der Waals surface area contributed by atoms with E-state index in [9.17, 15) is 4.79 Å². The Balaban J connectivity index is 2.98. The highest BCUT2D eigenvalue weighted by atomic mass is 16.1. The molecule has 0 saturated heterocycles. The van der Waals surface area contributed by atoms with Gasteiger partial charge in [-0.05, 0) is 18.2 Å². The molecule has 1 amide bonds. The number of carbonyl (C=O) groups is 1. The van der Waals surface area contributed by atoms with Crippen LogP contribution in [-0.2, 0) is 0 Å². The van der Waals surface area contributed by atoms with E-state index in [0.717, 1.165) is 5.69 Å². The van der Waals surface area contributed by atoms with E-state index in [4.69, 9.17) is 0 Å². The first kappa shape index (κ1) is 9.58. The Morgan fingerprint density at radius 3 is 2.62 bits per heavy atom. The van der Waals surface area contributed by atoms with Crippen molar-refractivity contribution in [2.75, 3.05) is 26.0 Å². The summed E-state index contributed by atoms with van der Waals surface area (Å²) in [4.78, 5) is 13.2. The van der Waals surface area contributed by atoms with E-state index < -0.39 is 0 Å². The minimum Gasteiger partial charge on any atom is -0.378 e. The maximum Gasteiger partial charge on any atom is 0.251 e. The molecular weight excluding hydrogens is 164 g/mol. The molecule has 0 bridgehead atoms. The van der Waals surface area contributed by atoms with Crippen LogP contribution in [0.5, 0.6) is 0 Å². The summed E-state index contributed by atoms with van der Waals surface area (Å²) in [5.41, 5.74) is 1.72. The Kier molecular flexibility index (Phi) is 2.90. The van der Waals surface area contributed by atoms with E-state index in [1.165, 1.54) is 0 Å². The zero-order valence-electron chi connectivity index (χ0n) is 8.16. The van der Waals surface area contributed by atoms with Crippen molar-refractivity contribution in [2.45, 2.75) is 0 Å². The van der Waals surface area contributed by atoms with E-state index in [-0.39, 0.29) is 5.91 Å². The van der Waals surface area contributed by atoms with E-state index >= 15 is 0 Å². The predicted molar refractivity (Wildman–Crippen MR) is 54.2 cm³/mol. The maximum absolute atomic E-state index is 11.3. The molecule has 0 spiro atoms. The number of amides is 1. The Hall–Kier alpha value is -1.51. The van der Waals surface area contributed by atoms with Crippen molar-refractivity contribution in [3.63, 3.8) is 0 Å². The Bertz CT molecular complexity index is 308. The number of anilines is 1. The summed E-state index contributed by atoms with van der Waals surface area (Å²) in [5.74, 6) is -0.0521. The lowest BCUT2D eigenvalue weighted by atomic mass is 10.2. The third kappa shape index (κ3) is 2.21. The van der Waals surface area contributed by atoms with Gasteiger partial charge in [0.25, 0.3) is 5.91 Å². The lowest BCUT2D eigenvalue weighted by molar-refractivity contribution is 0.0963. The van der Waals surface area contributed by atoms with Crippen LogP contribution < -0.4 is 10.2 Å². The van der Waals surface area contributed by atoms with Crippen molar-refractivity contribution in [1.29, 1.82) is 0 Å². The molecule has 0 saturated carbocycles. The van der Waals surface area contributed by atoms with Crippen molar-refractivity contribution in [1.82, 2.24) is 5.32 Å². The molecule has 3 nitrogen and oxygen atoms in total. The topological polar surface area (TPSA) is 32.3 Å². The summed E-state index contributed by atoms with van der Waals surface area (Å²) in [5, 5.41) is 2.59. The van der Waals surface area contributed by atoms with Crippen molar-refractivity contribution in [2.24, 2.45) is 0 Å². The van der Waals surface area contributed by atoms with Crippen LogP contribution in [0.2, 0.25) is 0 Å². The van der Waals surface area contributed by atoms with Gasteiger partial charge in [-0.15, -0.1) is 0 Å². The molecule has 1 aromatic rings. The van der Waals surface area contributed by atoms with E-state index in [2.05, 4.69) is 5.32 Å². The number of carbonyl (C=O) groups excluding carboxylic acids is 1. The van der Waals surface area contributed by atoms with Gasteiger partial charge in [0.2, 0.25) is 0 Å². The van der Waals surface area contributed by atoms with Gasteiger partial charge in [0, 0.05) is 32.4 Å². The average molecular weight is 178 g/mol. The van der Waals surface area contributed by atoms with Crippen LogP contribution in [0.4, 0.5) is 5.69 Å². The second-order valence-electron chi connectivity index (χ2n) is 3.02.